The predicted molar refractivity (Wildman–Crippen MR) is 196 cm³/mol. The zero-order chi connectivity index (χ0) is 32.2. The molecule has 2 aliphatic carbocycles. The monoisotopic (exact) mass is 614 g/mol. The Morgan fingerprint density at radius 3 is 1.98 bits per heavy atom. The minimum absolute atomic E-state index is 0.685. The van der Waals surface area contributed by atoms with Crippen LogP contribution in [-0.4, -0.2) is 9.13 Å². The maximum absolute atomic E-state index is 10.6. The molecule has 0 aliphatic heterocycles. The molecule has 7 aromatic rings. The molecule has 0 spiro atoms. The average Bonchev–Trinajstić information content (AvgIpc) is 3.67. The van der Waals surface area contributed by atoms with Crippen LogP contribution in [0.3, 0.4) is 0 Å². The highest BCUT2D eigenvalue weighted by atomic mass is 15.0. The summed E-state index contributed by atoms with van der Waals surface area (Å²) in [5.41, 5.74) is 13.8. The molecule has 0 saturated heterocycles. The zero-order valence-corrected chi connectivity index (χ0v) is 26.3. The molecular weight excluding hydrogens is 585 g/mol. The fraction of sp³-hybridized carbons (Fsp3) is 0.0909. The molecule has 226 valence electrons. The van der Waals surface area contributed by atoms with E-state index in [0.29, 0.717) is 11.1 Å². The summed E-state index contributed by atoms with van der Waals surface area (Å²) < 4.78 is 4.58. The standard InChI is InChI=1S/C44H30N4/c45-27-31-11-9-22-43-44(31)36-15-4-8-20-41(36)48(43)38-17-5-1-12-33(38)30-25-23-29(24-26-30)32-16-10-21-42(37(32)28-46)47-39-18-6-2-13-34(39)35-14-3-7-19-40(35)47/h1-2,4-13,15-23,25H,3,14,24,26H2. The Hall–Kier alpha value is -6.36. The van der Waals surface area contributed by atoms with E-state index in [9.17, 15) is 10.5 Å². The third-order valence-electron chi connectivity index (χ3n) is 10.1. The lowest BCUT2D eigenvalue weighted by Gasteiger charge is -2.21. The summed E-state index contributed by atoms with van der Waals surface area (Å²) >= 11 is 0. The van der Waals surface area contributed by atoms with Crippen molar-refractivity contribution in [1.29, 1.82) is 10.5 Å². The van der Waals surface area contributed by atoms with Gasteiger partial charge < -0.3 is 9.13 Å². The van der Waals surface area contributed by atoms with Gasteiger partial charge in [0.2, 0.25) is 0 Å². The molecule has 2 aliphatic rings. The van der Waals surface area contributed by atoms with Crippen LogP contribution >= 0.6 is 0 Å². The first-order valence-corrected chi connectivity index (χ1v) is 16.5. The average molecular weight is 615 g/mol. The molecule has 4 heteroatoms. The van der Waals surface area contributed by atoms with Crippen LogP contribution in [-0.2, 0) is 6.42 Å². The van der Waals surface area contributed by atoms with E-state index in [-0.39, 0.29) is 0 Å². The number of nitrogens with zero attached hydrogens (tertiary/aromatic N) is 4. The summed E-state index contributed by atoms with van der Waals surface area (Å²) in [6.45, 7) is 0. The largest absolute Gasteiger partial charge is 0.309 e. The molecule has 4 nitrogen and oxygen atoms in total. The van der Waals surface area contributed by atoms with Gasteiger partial charge in [0.1, 0.15) is 6.07 Å². The minimum Gasteiger partial charge on any atom is -0.309 e. The maximum atomic E-state index is 10.6. The second-order valence-electron chi connectivity index (χ2n) is 12.5. The van der Waals surface area contributed by atoms with Gasteiger partial charge in [0, 0.05) is 27.4 Å². The summed E-state index contributed by atoms with van der Waals surface area (Å²) in [6.07, 6.45) is 12.6. The van der Waals surface area contributed by atoms with Gasteiger partial charge in [-0.1, -0.05) is 91.0 Å². The Labute approximate surface area is 279 Å². The molecule has 0 N–H and O–H groups in total. The second kappa shape index (κ2) is 11.2. The second-order valence-corrected chi connectivity index (χ2v) is 12.5. The van der Waals surface area contributed by atoms with E-state index < -0.39 is 0 Å². The number of nitriles is 2. The van der Waals surface area contributed by atoms with Crippen molar-refractivity contribution in [3.63, 3.8) is 0 Å². The summed E-state index contributed by atoms with van der Waals surface area (Å²) in [5.74, 6) is 0. The SMILES string of the molecule is N#Cc1c(C2=CC=C(c3ccccc3-n3c4ccccc4c4c(C#N)cccc43)CC2)cccc1-n1c2c(c3ccccc31)CCC=C2. The molecule has 0 atom stereocenters. The van der Waals surface area contributed by atoms with Crippen LogP contribution in [0.15, 0.2) is 127 Å². The molecule has 9 rings (SSSR count). The van der Waals surface area contributed by atoms with Crippen molar-refractivity contribution in [3.05, 3.63) is 161 Å². The number of rotatable bonds is 4. The highest BCUT2D eigenvalue weighted by Crippen LogP contribution is 2.41. The fourth-order valence-corrected chi connectivity index (χ4v) is 7.96. The number of fused-ring (bicyclic) bond motifs is 6. The number of benzene rings is 5. The summed E-state index contributed by atoms with van der Waals surface area (Å²) in [7, 11) is 0. The summed E-state index contributed by atoms with van der Waals surface area (Å²) in [6, 6.07) is 42.7. The Balaban J connectivity index is 1.17. The molecule has 0 fully saturated rings. The van der Waals surface area contributed by atoms with E-state index in [0.717, 1.165) is 69.9 Å². The predicted octanol–water partition coefficient (Wildman–Crippen LogP) is 10.7. The quantitative estimate of drug-likeness (QED) is 0.198. The van der Waals surface area contributed by atoms with E-state index in [2.05, 4.69) is 137 Å². The van der Waals surface area contributed by atoms with Gasteiger partial charge in [-0.25, -0.2) is 0 Å². The highest BCUT2D eigenvalue weighted by molar-refractivity contribution is 6.12. The lowest BCUT2D eigenvalue weighted by atomic mass is 9.87. The van der Waals surface area contributed by atoms with Crippen LogP contribution in [0, 0.1) is 22.7 Å². The Morgan fingerprint density at radius 1 is 0.542 bits per heavy atom. The van der Waals surface area contributed by atoms with Crippen molar-refractivity contribution in [2.75, 3.05) is 0 Å². The molecule has 0 bridgehead atoms. The van der Waals surface area contributed by atoms with E-state index in [1.807, 2.05) is 18.2 Å². The van der Waals surface area contributed by atoms with Crippen LogP contribution in [0.25, 0.3) is 61.3 Å². The van der Waals surface area contributed by atoms with Crippen LogP contribution in [0.5, 0.6) is 0 Å². The van der Waals surface area contributed by atoms with Crippen LogP contribution in [0.4, 0.5) is 0 Å². The van der Waals surface area contributed by atoms with E-state index >= 15 is 0 Å². The topological polar surface area (TPSA) is 57.4 Å². The van der Waals surface area contributed by atoms with Gasteiger partial charge in [-0.15, -0.1) is 0 Å². The number of hydrogen-bond donors (Lipinski definition) is 0. The van der Waals surface area contributed by atoms with Gasteiger partial charge in [-0.05, 0) is 90.4 Å². The maximum Gasteiger partial charge on any atom is 0.102 e. The van der Waals surface area contributed by atoms with Gasteiger partial charge in [-0.3, -0.25) is 0 Å². The van der Waals surface area contributed by atoms with E-state index in [1.54, 1.807) is 0 Å². The number of aryl methyl sites for hydroxylation is 1. The molecule has 48 heavy (non-hydrogen) atoms. The summed E-state index contributed by atoms with van der Waals surface area (Å²) in [5, 5.41) is 23.9. The molecule has 0 saturated carbocycles. The van der Waals surface area contributed by atoms with Crippen molar-refractivity contribution in [3.8, 4) is 23.5 Å². The molecule has 2 heterocycles. The normalized spacial score (nSPS) is 14.0. The fourth-order valence-electron chi connectivity index (χ4n) is 7.96. The molecule has 0 amide bonds. The van der Waals surface area contributed by atoms with Gasteiger partial charge in [-0.2, -0.15) is 10.5 Å². The smallest absolute Gasteiger partial charge is 0.102 e. The van der Waals surface area contributed by atoms with Crippen molar-refractivity contribution < 1.29 is 0 Å². The first-order chi connectivity index (χ1) is 23.8. The van der Waals surface area contributed by atoms with E-state index in [1.165, 1.54) is 33.4 Å². The molecule has 0 radical (unpaired) electrons. The van der Waals surface area contributed by atoms with Gasteiger partial charge in [0.25, 0.3) is 0 Å². The number of para-hydroxylation sites is 3. The third kappa shape index (κ3) is 4.13. The van der Waals surface area contributed by atoms with Crippen molar-refractivity contribution in [1.82, 2.24) is 9.13 Å². The first-order valence-electron chi connectivity index (χ1n) is 16.5. The Bertz CT molecular complexity index is 2640. The number of hydrogen-bond acceptors (Lipinski definition) is 2. The van der Waals surface area contributed by atoms with Crippen molar-refractivity contribution in [2.24, 2.45) is 0 Å². The lowest BCUT2D eigenvalue weighted by Crippen LogP contribution is -2.05. The van der Waals surface area contributed by atoms with Gasteiger partial charge >= 0.3 is 0 Å². The molecule has 2 aromatic heterocycles. The third-order valence-corrected chi connectivity index (χ3v) is 10.1. The molecule has 5 aromatic carbocycles. The zero-order valence-electron chi connectivity index (χ0n) is 26.3. The van der Waals surface area contributed by atoms with Crippen LogP contribution in [0.2, 0.25) is 0 Å². The van der Waals surface area contributed by atoms with Crippen LogP contribution in [0.1, 0.15) is 52.8 Å². The van der Waals surface area contributed by atoms with Gasteiger partial charge in [0.05, 0.1) is 45.1 Å². The first kappa shape index (κ1) is 27.9. The Kier molecular flexibility index (Phi) is 6.49. The van der Waals surface area contributed by atoms with Crippen LogP contribution < -0.4 is 0 Å². The number of allylic oxidation sites excluding steroid dienone is 5. The lowest BCUT2D eigenvalue weighted by molar-refractivity contribution is 0.965. The summed E-state index contributed by atoms with van der Waals surface area (Å²) in [4.78, 5) is 0. The Morgan fingerprint density at radius 2 is 1.19 bits per heavy atom. The van der Waals surface area contributed by atoms with Crippen molar-refractivity contribution in [2.45, 2.75) is 25.7 Å². The van der Waals surface area contributed by atoms with Crippen molar-refractivity contribution >= 4 is 49.9 Å². The van der Waals surface area contributed by atoms with E-state index in [4.69, 9.17) is 0 Å². The molecular formula is C44H30N4. The van der Waals surface area contributed by atoms with Gasteiger partial charge in [0.15, 0.2) is 0 Å². The minimum atomic E-state index is 0.685. The highest BCUT2D eigenvalue weighted by Gasteiger charge is 2.23. The molecule has 0 unspecified atom stereocenters. The number of aromatic nitrogens is 2.